The molecule has 0 unspecified atom stereocenters. The zero-order valence-electron chi connectivity index (χ0n) is 20.0. The van der Waals surface area contributed by atoms with Crippen molar-refractivity contribution in [2.24, 2.45) is 17.3 Å². The Hall–Kier alpha value is -2.91. The highest BCUT2D eigenvalue weighted by atomic mass is 16.5. The average Bonchev–Trinajstić information content (AvgIpc) is 2.81. The second-order valence-electron chi connectivity index (χ2n) is 9.69. The van der Waals surface area contributed by atoms with Crippen molar-refractivity contribution in [3.63, 3.8) is 0 Å². The maximum atomic E-state index is 13.7. The lowest BCUT2D eigenvalue weighted by Crippen LogP contribution is -2.43. The third kappa shape index (κ3) is 7.30. The molecule has 3 aromatic carbocycles. The summed E-state index contributed by atoms with van der Waals surface area (Å²) in [5.41, 5.74) is 3.05. The molecular weight excluding hydrogens is 406 g/mol. The van der Waals surface area contributed by atoms with Crippen LogP contribution in [0.2, 0.25) is 0 Å². The highest BCUT2D eigenvalue weighted by Crippen LogP contribution is 2.35. The minimum atomic E-state index is -0.243. The molecule has 1 amide bonds. The summed E-state index contributed by atoms with van der Waals surface area (Å²) >= 11 is 0. The molecule has 173 valence electrons. The topological polar surface area (TPSA) is 38.3 Å². The summed E-state index contributed by atoms with van der Waals surface area (Å²) in [6.07, 6.45) is 0.726. The van der Waals surface area contributed by atoms with E-state index in [0.717, 1.165) is 23.1 Å². The Morgan fingerprint density at radius 1 is 0.848 bits per heavy atom. The van der Waals surface area contributed by atoms with Gasteiger partial charge in [0.25, 0.3) is 0 Å². The summed E-state index contributed by atoms with van der Waals surface area (Å²) in [7, 11) is 0. The predicted molar refractivity (Wildman–Crippen MR) is 135 cm³/mol. The summed E-state index contributed by atoms with van der Waals surface area (Å²) in [5, 5.41) is 3.33. The van der Waals surface area contributed by atoms with E-state index < -0.39 is 0 Å². The van der Waals surface area contributed by atoms with Crippen LogP contribution in [0.25, 0.3) is 0 Å². The molecule has 3 rings (SSSR count). The van der Waals surface area contributed by atoms with Crippen molar-refractivity contribution in [3.8, 4) is 0 Å². The molecule has 0 aromatic heterocycles. The van der Waals surface area contributed by atoms with Crippen molar-refractivity contribution >= 4 is 5.91 Å². The van der Waals surface area contributed by atoms with E-state index in [9.17, 15) is 4.79 Å². The molecule has 3 heteroatoms. The minimum absolute atomic E-state index is 0.0308. The van der Waals surface area contributed by atoms with Crippen LogP contribution in [0.15, 0.2) is 91.0 Å². The summed E-state index contributed by atoms with van der Waals surface area (Å²) in [5.74, 6) is -0.274. The first-order chi connectivity index (χ1) is 15.9. The van der Waals surface area contributed by atoms with Gasteiger partial charge >= 0.3 is 0 Å². The van der Waals surface area contributed by atoms with Crippen molar-refractivity contribution in [2.75, 3.05) is 6.61 Å². The number of hydrogen-bond donors (Lipinski definition) is 1. The first-order valence-electron chi connectivity index (χ1n) is 11.7. The molecule has 2 atom stereocenters. The van der Waals surface area contributed by atoms with Crippen LogP contribution in [0.1, 0.15) is 49.9 Å². The number of benzene rings is 3. The van der Waals surface area contributed by atoms with E-state index in [4.69, 9.17) is 4.74 Å². The van der Waals surface area contributed by atoms with E-state index in [2.05, 4.69) is 69.4 Å². The van der Waals surface area contributed by atoms with E-state index >= 15 is 0 Å². The number of rotatable bonds is 10. The molecule has 0 heterocycles. The van der Waals surface area contributed by atoms with Crippen LogP contribution in [-0.4, -0.2) is 12.5 Å². The number of nitrogens with one attached hydrogen (secondary N) is 1. The summed E-state index contributed by atoms with van der Waals surface area (Å²) < 4.78 is 5.88. The summed E-state index contributed by atoms with van der Waals surface area (Å²) in [6, 6.07) is 30.2. The predicted octanol–water partition coefficient (Wildman–Crippen LogP) is 6.61. The van der Waals surface area contributed by atoms with Crippen molar-refractivity contribution < 1.29 is 9.53 Å². The Bertz CT molecular complexity index is 925. The first kappa shape index (κ1) is 24.7. The zero-order valence-corrected chi connectivity index (χ0v) is 20.0. The second kappa shape index (κ2) is 11.8. The lowest BCUT2D eigenvalue weighted by atomic mass is 9.72. The van der Waals surface area contributed by atoms with E-state index in [-0.39, 0.29) is 29.2 Å². The van der Waals surface area contributed by atoms with Crippen LogP contribution < -0.4 is 5.32 Å². The molecular formula is C30H36NO2. The Labute approximate surface area is 199 Å². The van der Waals surface area contributed by atoms with Gasteiger partial charge in [-0.2, -0.15) is 0 Å². The Morgan fingerprint density at radius 3 is 1.82 bits per heavy atom. The monoisotopic (exact) mass is 442 g/mol. The fourth-order valence-corrected chi connectivity index (χ4v) is 4.36. The lowest BCUT2D eigenvalue weighted by molar-refractivity contribution is -0.130. The van der Waals surface area contributed by atoms with Gasteiger partial charge in [-0.15, -0.1) is 0 Å². The van der Waals surface area contributed by atoms with Crippen LogP contribution in [0, 0.1) is 24.2 Å². The molecule has 3 aromatic rings. The fourth-order valence-electron chi connectivity index (χ4n) is 4.36. The molecule has 0 aliphatic rings. The molecule has 3 nitrogen and oxygen atoms in total. The highest BCUT2D eigenvalue weighted by molar-refractivity contribution is 5.80. The van der Waals surface area contributed by atoms with E-state index in [0.29, 0.717) is 13.2 Å². The van der Waals surface area contributed by atoms with Gasteiger partial charge < -0.3 is 10.1 Å². The van der Waals surface area contributed by atoms with Gasteiger partial charge in [-0.05, 0) is 41.4 Å². The van der Waals surface area contributed by atoms with Crippen LogP contribution >= 0.6 is 0 Å². The molecule has 0 aliphatic heterocycles. The van der Waals surface area contributed by atoms with E-state index in [1.807, 2.05) is 54.6 Å². The SMILES string of the molecule is [CH2][C@H](CCOCc1ccccc1)[C@H](C(=O)NC(c1ccccc1)c1ccccc1)C(C)(C)C. The van der Waals surface area contributed by atoms with E-state index in [1.165, 1.54) is 0 Å². The summed E-state index contributed by atoms with van der Waals surface area (Å²) in [6.45, 7) is 11.9. The summed E-state index contributed by atoms with van der Waals surface area (Å²) in [4.78, 5) is 13.7. The second-order valence-corrected chi connectivity index (χ2v) is 9.69. The minimum Gasteiger partial charge on any atom is -0.377 e. The van der Waals surface area contributed by atoms with Gasteiger partial charge in [0, 0.05) is 12.5 Å². The Kier molecular flexibility index (Phi) is 8.85. The van der Waals surface area contributed by atoms with Crippen molar-refractivity contribution in [1.82, 2.24) is 5.32 Å². The number of hydrogen-bond acceptors (Lipinski definition) is 2. The van der Waals surface area contributed by atoms with Gasteiger partial charge in [0.05, 0.1) is 12.6 Å². The van der Waals surface area contributed by atoms with Crippen LogP contribution in [0.3, 0.4) is 0 Å². The molecule has 0 aliphatic carbocycles. The average molecular weight is 443 g/mol. The maximum Gasteiger partial charge on any atom is 0.224 e. The molecule has 0 saturated heterocycles. The lowest BCUT2D eigenvalue weighted by Gasteiger charge is -2.35. The van der Waals surface area contributed by atoms with Crippen LogP contribution in [-0.2, 0) is 16.1 Å². The highest BCUT2D eigenvalue weighted by Gasteiger charge is 2.36. The van der Waals surface area contributed by atoms with Gasteiger partial charge in [0.2, 0.25) is 5.91 Å². The zero-order chi connectivity index (χ0) is 23.7. The third-order valence-corrected chi connectivity index (χ3v) is 5.98. The fraction of sp³-hybridized carbons (Fsp3) is 0.333. The number of amides is 1. The standard InChI is InChI=1S/C30H36NO2/c1-23(20-21-33-22-24-14-8-5-9-15-24)27(30(2,3)4)29(32)31-28(25-16-10-6-11-17-25)26-18-12-7-13-19-26/h5-19,23,27-28H,1,20-22H2,2-4H3,(H,31,32)/t23-,27-/m1/s1. The number of carbonyl (C=O) groups excluding carboxylic acids is 1. The normalized spacial score (nSPS) is 13.5. The largest absolute Gasteiger partial charge is 0.377 e. The molecule has 0 spiro atoms. The van der Waals surface area contributed by atoms with Gasteiger partial charge in [0.1, 0.15) is 0 Å². The Balaban J connectivity index is 1.69. The number of ether oxygens (including phenoxy) is 1. The van der Waals surface area contributed by atoms with Crippen molar-refractivity contribution in [2.45, 2.75) is 39.8 Å². The third-order valence-electron chi connectivity index (χ3n) is 5.98. The molecule has 33 heavy (non-hydrogen) atoms. The number of carbonyl (C=O) groups is 1. The van der Waals surface area contributed by atoms with Gasteiger partial charge in [-0.25, -0.2) is 0 Å². The molecule has 0 bridgehead atoms. The molecule has 0 fully saturated rings. The smallest absolute Gasteiger partial charge is 0.224 e. The molecule has 0 saturated carbocycles. The van der Waals surface area contributed by atoms with Gasteiger partial charge in [-0.3, -0.25) is 4.79 Å². The van der Waals surface area contributed by atoms with Gasteiger partial charge in [-0.1, -0.05) is 112 Å². The molecule has 1 radical (unpaired) electrons. The molecule has 1 N–H and O–H groups in total. The Morgan fingerprint density at radius 2 is 1.33 bits per heavy atom. The quantitative estimate of drug-likeness (QED) is 0.359. The first-order valence-corrected chi connectivity index (χ1v) is 11.7. The van der Waals surface area contributed by atoms with Crippen LogP contribution in [0.5, 0.6) is 0 Å². The van der Waals surface area contributed by atoms with Crippen LogP contribution in [0.4, 0.5) is 0 Å². The maximum absolute atomic E-state index is 13.7. The van der Waals surface area contributed by atoms with Crippen molar-refractivity contribution in [1.29, 1.82) is 0 Å². The van der Waals surface area contributed by atoms with Gasteiger partial charge in [0.15, 0.2) is 0 Å². The van der Waals surface area contributed by atoms with E-state index in [1.54, 1.807) is 0 Å². The van der Waals surface area contributed by atoms with Crippen molar-refractivity contribution in [3.05, 3.63) is 115 Å².